The van der Waals surface area contributed by atoms with Gasteiger partial charge in [0.05, 0.1) is 0 Å². The third-order valence-corrected chi connectivity index (χ3v) is 8.29. The minimum atomic E-state index is 0. The van der Waals surface area contributed by atoms with Gasteiger partial charge >= 0.3 is 26.2 Å². The van der Waals surface area contributed by atoms with Gasteiger partial charge in [0.2, 0.25) is 0 Å². The first-order valence-electron chi connectivity index (χ1n) is 14.7. The molecule has 0 aliphatic carbocycles. The predicted octanol–water partition coefficient (Wildman–Crippen LogP) is 10.7. The second kappa shape index (κ2) is 20.1. The molecule has 0 bridgehead atoms. The van der Waals surface area contributed by atoms with Crippen molar-refractivity contribution in [2.45, 2.75) is 69.2 Å². The molecule has 0 spiro atoms. The number of nitrogens with one attached hydrogen (secondary N) is 2. The molecule has 0 atom stereocenters. The molecule has 0 aliphatic heterocycles. The van der Waals surface area contributed by atoms with Crippen molar-refractivity contribution in [2.24, 2.45) is 0 Å². The van der Waals surface area contributed by atoms with Crippen molar-refractivity contribution in [3.05, 3.63) is 155 Å². The van der Waals surface area contributed by atoms with Gasteiger partial charge in [0, 0.05) is 11.4 Å². The molecule has 0 unspecified atom stereocenters. The Morgan fingerprint density at radius 3 is 0.767 bits per heavy atom. The summed E-state index contributed by atoms with van der Waals surface area (Å²) in [4.78, 5) is 0. The number of hydrogen-bond acceptors (Lipinski definition) is 2. The topological polar surface area (TPSA) is 24.1 Å². The Morgan fingerprint density at radius 1 is 0.395 bits per heavy atom. The van der Waals surface area contributed by atoms with Crippen LogP contribution in [0.4, 0.5) is 11.4 Å². The maximum atomic E-state index is 3.83. The van der Waals surface area contributed by atoms with Crippen LogP contribution in [0.3, 0.4) is 0 Å². The third kappa shape index (κ3) is 12.0. The molecule has 0 heterocycles. The molecule has 4 rings (SSSR count). The number of benzene rings is 4. The molecular formula is C40H54N2Zr. The monoisotopic (exact) mass is 652 g/mol. The zero-order valence-corrected chi connectivity index (χ0v) is 31.0. The molecule has 43 heavy (non-hydrogen) atoms. The average molecular weight is 654 g/mol. The van der Waals surface area contributed by atoms with E-state index >= 15 is 0 Å². The van der Waals surface area contributed by atoms with E-state index in [1.54, 1.807) is 0 Å². The summed E-state index contributed by atoms with van der Waals surface area (Å²) < 4.78 is 0. The van der Waals surface area contributed by atoms with Crippen molar-refractivity contribution in [2.75, 3.05) is 23.7 Å². The zero-order chi connectivity index (χ0) is 32.0. The first-order valence-corrected chi connectivity index (χ1v) is 14.7. The summed E-state index contributed by atoms with van der Waals surface area (Å²) in [6.45, 7) is 38.4. The van der Waals surface area contributed by atoms with Crippen LogP contribution in [0, 0.1) is 96.9 Å². The summed E-state index contributed by atoms with van der Waals surface area (Å²) in [5.41, 5.74) is 18.5. The van der Waals surface area contributed by atoms with Crippen LogP contribution < -0.4 is 10.6 Å². The van der Waals surface area contributed by atoms with Gasteiger partial charge in [-0.1, -0.05) is 12.1 Å². The van der Waals surface area contributed by atoms with Crippen molar-refractivity contribution >= 4 is 11.4 Å². The fraction of sp³-hybridized carbons (Fsp3) is 0.300. The van der Waals surface area contributed by atoms with Crippen LogP contribution in [0.5, 0.6) is 0 Å². The molecule has 0 amide bonds. The Kier molecular flexibility index (Phi) is 18.8. The quantitative estimate of drug-likeness (QED) is 0.214. The standard InChI is InChI=1S/2C13H20N.2C7H7.Zr/c2*1-7-14-13-11(5)9(3)8(2)10(4)12(13)6;2*1-7-5-3-2-4-6-7;/h2*14H,1,7H2,2-6H3;2*2-6H,1H2;/q4*-1;+4. The van der Waals surface area contributed by atoms with E-state index in [4.69, 9.17) is 0 Å². The summed E-state index contributed by atoms with van der Waals surface area (Å²) in [5.74, 6) is 0. The molecule has 0 radical (unpaired) electrons. The molecule has 2 nitrogen and oxygen atoms in total. The minimum absolute atomic E-state index is 0. The van der Waals surface area contributed by atoms with Gasteiger partial charge in [-0.2, -0.15) is 49.2 Å². The second-order valence-corrected chi connectivity index (χ2v) is 10.8. The molecule has 0 fully saturated rings. The Hall–Kier alpha value is -2.90. The van der Waals surface area contributed by atoms with E-state index in [-0.39, 0.29) is 26.2 Å². The van der Waals surface area contributed by atoms with Gasteiger partial charge in [0.15, 0.2) is 0 Å². The molecule has 4 aromatic carbocycles. The molecule has 0 saturated heterocycles. The molecular weight excluding hydrogens is 600 g/mol. The van der Waals surface area contributed by atoms with Crippen LogP contribution in [0.15, 0.2) is 60.7 Å². The van der Waals surface area contributed by atoms with Gasteiger partial charge in [-0.15, -0.1) is 37.4 Å². The van der Waals surface area contributed by atoms with Crippen molar-refractivity contribution in [1.82, 2.24) is 0 Å². The average Bonchev–Trinajstić information content (AvgIpc) is 2.99. The van der Waals surface area contributed by atoms with E-state index < -0.39 is 0 Å². The smallest absolute Gasteiger partial charge is 0.415 e. The first-order chi connectivity index (χ1) is 19.8. The van der Waals surface area contributed by atoms with Crippen molar-refractivity contribution in [3.8, 4) is 0 Å². The molecule has 2 N–H and O–H groups in total. The van der Waals surface area contributed by atoms with Crippen molar-refractivity contribution in [1.29, 1.82) is 0 Å². The number of hydrogen-bond donors (Lipinski definition) is 2. The van der Waals surface area contributed by atoms with Crippen LogP contribution in [0.1, 0.15) is 66.8 Å². The Labute approximate surface area is 284 Å². The zero-order valence-electron chi connectivity index (χ0n) is 28.5. The minimum Gasteiger partial charge on any atom is -0.415 e. The largest absolute Gasteiger partial charge is 4.00 e. The van der Waals surface area contributed by atoms with Crippen LogP contribution in [-0.4, -0.2) is 13.1 Å². The van der Waals surface area contributed by atoms with E-state index in [9.17, 15) is 0 Å². The number of rotatable bonds is 4. The van der Waals surface area contributed by atoms with Gasteiger partial charge in [0.25, 0.3) is 0 Å². The summed E-state index contributed by atoms with van der Waals surface area (Å²) in [7, 11) is 0. The summed E-state index contributed by atoms with van der Waals surface area (Å²) >= 11 is 0. The molecule has 228 valence electrons. The maximum Gasteiger partial charge on any atom is 4.00 e. The fourth-order valence-corrected chi connectivity index (χ4v) is 4.74. The Bertz CT molecular complexity index is 1220. The van der Waals surface area contributed by atoms with Crippen LogP contribution in [-0.2, 0) is 26.2 Å². The molecule has 0 aromatic heterocycles. The van der Waals surface area contributed by atoms with Gasteiger partial charge < -0.3 is 24.5 Å². The predicted molar refractivity (Wildman–Crippen MR) is 190 cm³/mol. The van der Waals surface area contributed by atoms with Crippen LogP contribution in [0.2, 0.25) is 0 Å². The molecule has 3 heteroatoms. The Balaban J connectivity index is 0.000000569. The summed E-state index contributed by atoms with van der Waals surface area (Å²) in [5, 5.41) is 6.68. The normalized spacial score (nSPS) is 9.58. The van der Waals surface area contributed by atoms with Crippen molar-refractivity contribution in [3.63, 3.8) is 0 Å². The van der Waals surface area contributed by atoms with Gasteiger partial charge in [0.1, 0.15) is 0 Å². The molecule has 0 saturated carbocycles. The van der Waals surface area contributed by atoms with E-state index in [1.807, 2.05) is 60.7 Å². The summed E-state index contributed by atoms with van der Waals surface area (Å²) in [6, 6.07) is 19.7. The number of anilines is 2. The van der Waals surface area contributed by atoms with Crippen LogP contribution in [0.25, 0.3) is 0 Å². The van der Waals surface area contributed by atoms with Gasteiger partial charge in [-0.25, -0.2) is 0 Å². The van der Waals surface area contributed by atoms with E-state index in [0.717, 1.165) is 24.2 Å². The van der Waals surface area contributed by atoms with Crippen molar-refractivity contribution < 1.29 is 26.2 Å². The van der Waals surface area contributed by atoms with Gasteiger partial charge in [-0.3, -0.25) is 0 Å². The summed E-state index contributed by atoms with van der Waals surface area (Å²) in [6.07, 6.45) is 0. The van der Waals surface area contributed by atoms with Crippen LogP contribution >= 0.6 is 0 Å². The fourth-order valence-electron chi connectivity index (χ4n) is 4.74. The van der Waals surface area contributed by atoms with Gasteiger partial charge in [-0.05, 0) is 125 Å². The van der Waals surface area contributed by atoms with E-state index in [1.165, 1.54) is 67.0 Å². The maximum absolute atomic E-state index is 3.83. The molecule has 4 aromatic rings. The molecule has 0 aliphatic rings. The van der Waals surface area contributed by atoms with E-state index in [2.05, 4.69) is 108 Å². The Morgan fingerprint density at radius 2 is 0.605 bits per heavy atom. The second-order valence-electron chi connectivity index (χ2n) is 10.8. The first kappa shape index (κ1) is 40.1. The third-order valence-electron chi connectivity index (χ3n) is 8.29. The SMILES string of the molecule is [CH2-]CNc1c(C)c(C)c(C)c(C)c1C.[CH2-]CNc1c(C)c(C)c(C)c(C)c1C.[CH2-]c1ccccc1.[CH2-]c1ccccc1.[Zr+4]. The van der Waals surface area contributed by atoms with E-state index in [0.29, 0.717) is 0 Å².